The molecule has 2 rings (SSSR count). The first-order chi connectivity index (χ1) is 11.1. The number of halogens is 1. The van der Waals surface area contributed by atoms with Crippen molar-refractivity contribution in [2.75, 3.05) is 47.6 Å². The smallest absolute Gasteiger partial charge is 0.255 e. The highest BCUT2D eigenvalue weighted by atomic mass is 35.5. The van der Waals surface area contributed by atoms with Gasteiger partial charge in [0, 0.05) is 19.1 Å². The summed E-state index contributed by atoms with van der Waals surface area (Å²) in [5.74, 6) is 1.01. The second-order valence-electron chi connectivity index (χ2n) is 5.93. The molecule has 24 heavy (non-hydrogen) atoms. The van der Waals surface area contributed by atoms with Crippen LogP contribution in [-0.2, 0) is 4.74 Å². The molecule has 1 aromatic carbocycles. The molecule has 1 aliphatic rings. The summed E-state index contributed by atoms with van der Waals surface area (Å²) < 4.78 is 15.9. The van der Waals surface area contributed by atoms with Gasteiger partial charge in [-0.25, -0.2) is 0 Å². The number of piperidine rings is 1. The van der Waals surface area contributed by atoms with E-state index < -0.39 is 0 Å². The molecule has 2 N–H and O–H groups in total. The molecule has 6 nitrogen and oxygen atoms in total. The zero-order chi connectivity index (χ0) is 16.7. The highest BCUT2D eigenvalue weighted by Crippen LogP contribution is 2.29. The fourth-order valence-electron chi connectivity index (χ4n) is 2.99. The predicted molar refractivity (Wildman–Crippen MR) is 95.5 cm³/mol. The number of rotatable bonds is 7. The fraction of sp³-hybridized carbons (Fsp3) is 0.588. The SMILES string of the molecule is COCC1(CNC(=O)c2cc(OC)ccc2OC)CCNCC1.Cl. The number of benzene rings is 1. The normalized spacial score (nSPS) is 16.0. The van der Waals surface area contributed by atoms with E-state index in [4.69, 9.17) is 14.2 Å². The fourth-order valence-corrected chi connectivity index (χ4v) is 2.99. The third-order valence-electron chi connectivity index (χ3n) is 4.39. The molecule has 0 radical (unpaired) electrons. The molecule has 0 bridgehead atoms. The summed E-state index contributed by atoms with van der Waals surface area (Å²) in [5.41, 5.74) is 0.468. The Bertz CT molecular complexity index is 528. The number of hydrogen-bond donors (Lipinski definition) is 2. The van der Waals surface area contributed by atoms with Crippen LogP contribution < -0.4 is 20.1 Å². The van der Waals surface area contributed by atoms with Crippen LogP contribution in [-0.4, -0.2) is 53.5 Å². The van der Waals surface area contributed by atoms with Gasteiger partial charge in [0.2, 0.25) is 0 Å². The molecule has 0 saturated carbocycles. The van der Waals surface area contributed by atoms with Crippen LogP contribution in [0.25, 0.3) is 0 Å². The number of nitrogens with one attached hydrogen (secondary N) is 2. The lowest BCUT2D eigenvalue weighted by Gasteiger charge is -2.37. The Morgan fingerprint density at radius 3 is 2.50 bits per heavy atom. The first-order valence-corrected chi connectivity index (χ1v) is 7.84. The van der Waals surface area contributed by atoms with Gasteiger partial charge in [-0.3, -0.25) is 4.79 Å². The topological polar surface area (TPSA) is 68.8 Å². The molecule has 136 valence electrons. The van der Waals surface area contributed by atoms with Crippen molar-refractivity contribution in [2.24, 2.45) is 5.41 Å². The first kappa shape index (κ1) is 20.5. The highest BCUT2D eigenvalue weighted by Gasteiger charge is 2.32. The van der Waals surface area contributed by atoms with Crippen molar-refractivity contribution < 1.29 is 19.0 Å². The van der Waals surface area contributed by atoms with Gasteiger partial charge in [0.05, 0.1) is 26.4 Å². The minimum absolute atomic E-state index is 0. The molecule has 1 amide bonds. The van der Waals surface area contributed by atoms with Crippen LogP contribution in [0.1, 0.15) is 23.2 Å². The molecule has 1 fully saturated rings. The number of hydrogen-bond acceptors (Lipinski definition) is 5. The molecular formula is C17H27ClN2O4. The van der Waals surface area contributed by atoms with Crippen molar-refractivity contribution in [1.82, 2.24) is 10.6 Å². The van der Waals surface area contributed by atoms with Crippen molar-refractivity contribution in [2.45, 2.75) is 12.8 Å². The van der Waals surface area contributed by atoms with E-state index in [1.54, 1.807) is 39.5 Å². The van der Waals surface area contributed by atoms with Gasteiger partial charge in [-0.15, -0.1) is 12.4 Å². The van der Waals surface area contributed by atoms with Crippen molar-refractivity contribution in [1.29, 1.82) is 0 Å². The van der Waals surface area contributed by atoms with Crippen LogP contribution in [0.4, 0.5) is 0 Å². The number of ether oxygens (including phenoxy) is 3. The maximum absolute atomic E-state index is 12.6. The Labute approximate surface area is 149 Å². The lowest BCUT2D eigenvalue weighted by Crippen LogP contribution is -2.47. The van der Waals surface area contributed by atoms with Gasteiger partial charge < -0.3 is 24.8 Å². The number of methoxy groups -OCH3 is 3. The van der Waals surface area contributed by atoms with Crippen molar-refractivity contribution in [3.63, 3.8) is 0 Å². The lowest BCUT2D eigenvalue weighted by molar-refractivity contribution is 0.0511. The zero-order valence-corrected chi connectivity index (χ0v) is 15.3. The van der Waals surface area contributed by atoms with Crippen molar-refractivity contribution in [3.8, 4) is 11.5 Å². The van der Waals surface area contributed by atoms with E-state index in [2.05, 4.69) is 10.6 Å². The van der Waals surface area contributed by atoms with E-state index in [-0.39, 0.29) is 23.7 Å². The number of carbonyl (C=O) groups excluding carboxylic acids is 1. The van der Waals surface area contributed by atoms with E-state index in [9.17, 15) is 4.79 Å². The van der Waals surface area contributed by atoms with Crippen molar-refractivity contribution in [3.05, 3.63) is 23.8 Å². The summed E-state index contributed by atoms with van der Waals surface area (Å²) in [6.45, 7) is 3.12. The Morgan fingerprint density at radius 2 is 1.92 bits per heavy atom. The van der Waals surface area contributed by atoms with E-state index in [1.807, 2.05) is 0 Å². The van der Waals surface area contributed by atoms with Gasteiger partial charge in [-0.05, 0) is 44.1 Å². The van der Waals surface area contributed by atoms with E-state index in [1.165, 1.54) is 0 Å². The summed E-state index contributed by atoms with van der Waals surface area (Å²) in [4.78, 5) is 12.6. The summed E-state index contributed by atoms with van der Waals surface area (Å²) in [6, 6.07) is 5.21. The average Bonchev–Trinajstić information content (AvgIpc) is 2.60. The highest BCUT2D eigenvalue weighted by molar-refractivity contribution is 5.97. The summed E-state index contributed by atoms with van der Waals surface area (Å²) in [7, 11) is 4.83. The van der Waals surface area contributed by atoms with Crippen LogP contribution >= 0.6 is 12.4 Å². The molecule has 1 heterocycles. The molecule has 1 aromatic rings. The molecule has 0 unspecified atom stereocenters. The molecule has 0 aromatic heterocycles. The second-order valence-corrected chi connectivity index (χ2v) is 5.93. The minimum Gasteiger partial charge on any atom is -0.497 e. The number of amides is 1. The van der Waals surface area contributed by atoms with Crippen molar-refractivity contribution >= 4 is 18.3 Å². The summed E-state index contributed by atoms with van der Waals surface area (Å²) >= 11 is 0. The Hall–Kier alpha value is -1.50. The largest absolute Gasteiger partial charge is 0.497 e. The Morgan fingerprint density at radius 1 is 1.21 bits per heavy atom. The van der Waals surface area contributed by atoms with Crippen LogP contribution in [0, 0.1) is 5.41 Å². The van der Waals surface area contributed by atoms with Gasteiger partial charge in [-0.1, -0.05) is 0 Å². The zero-order valence-electron chi connectivity index (χ0n) is 14.5. The van der Waals surface area contributed by atoms with Gasteiger partial charge >= 0.3 is 0 Å². The third-order valence-corrected chi connectivity index (χ3v) is 4.39. The maximum atomic E-state index is 12.6. The third kappa shape index (κ3) is 5.00. The van der Waals surface area contributed by atoms with Crippen LogP contribution in [0.3, 0.4) is 0 Å². The standard InChI is InChI=1S/C17H26N2O4.ClH/c1-21-12-17(6-8-18-9-7-17)11-19-16(20)14-10-13(22-2)4-5-15(14)23-3;/h4-5,10,18H,6-9,11-12H2,1-3H3,(H,19,20);1H. The molecule has 0 aliphatic carbocycles. The van der Waals surface area contributed by atoms with Crippen LogP contribution in [0.5, 0.6) is 11.5 Å². The van der Waals surface area contributed by atoms with Gasteiger partial charge in [-0.2, -0.15) is 0 Å². The Balaban J connectivity index is 0.00000288. The second kappa shape index (κ2) is 9.71. The molecule has 0 atom stereocenters. The molecule has 0 spiro atoms. The molecule has 1 saturated heterocycles. The van der Waals surface area contributed by atoms with Crippen LogP contribution in [0.15, 0.2) is 18.2 Å². The summed E-state index contributed by atoms with van der Waals surface area (Å²) in [6.07, 6.45) is 1.97. The first-order valence-electron chi connectivity index (χ1n) is 7.84. The monoisotopic (exact) mass is 358 g/mol. The quantitative estimate of drug-likeness (QED) is 0.778. The maximum Gasteiger partial charge on any atom is 0.255 e. The van der Waals surface area contributed by atoms with E-state index in [0.29, 0.717) is 30.2 Å². The van der Waals surface area contributed by atoms with E-state index in [0.717, 1.165) is 25.9 Å². The molecule has 7 heteroatoms. The van der Waals surface area contributed by atoms with Gasteiger partial charge in [0.15, 0.2) is 0 Å². The predicted octanol–water partition coefficient (Wildman–Crippen LogP) is 1.87. The molecular weight excluding hydrogens is 332 g/mol. The van der Waals surface area contributed by atoms with E-state index >= 15 is 0 Å². The Kier molecular flexibility index (Phi) is 8.31. The van der Waals surface area contributed by atoms with Gasteiger partial charge in [0.1, 0.15) is 11.5 Å². The molecule has 1 aliphatic heterocycles. The summed E-state index contributed by atoms with van der Waals surface area (Å²) in [5, 5.41) is 6.38. The average molecular weight is 359 g/mol. The number of carbonyl (C=O) groups is 1. The lowest BCUT2D eigenvalue weighted by atomic mass is 9.79. The van der Waals surface area contributed by atoms with Crippen LogP contribution in [0.2, 0.25) is 0 Å². The minimum atomic E-state index is -0.158. The van der Waals surface area contributed by atoms with Gasteiger partial charge in [0.25, 0.3) is 5.91 Å².